The van der Waals surface area contributed by atoms with E-state index in [2.05, 4.69) is 27.7 Å². The summed E-state index contributed by atoms with van der Waals surface area (Å²) in [5.74, 6) is 0.259. The SMILES string of the molecule is O=C(c1c(Cl)cccc1C1CC1)n1nc(I)c2c1C[C@@H](O)CC2. The molecule has 0 amide bonds. The van der Waals surface area contributed by atoms with E-state index < -0.39 is 6.10 Å². The Hall–Kier alpha value is -0.920. The van der Waals surface area contributed by atoms with Gasteiger partial charge in [0.1, 0.15) is 3.70 Å². The molecule has 1 fully saturated rings. The minimum atomic E-state index is -0.407. The van der Waals surface area contributed by atoms with E-state index in [-0.39, 0.29) is 5.91 Å². The number of fused-ring (bicyclic) bond motifs is 1. The molecule has 1 saturated carbocycles. The molecule has 0 aliphatic heterocycles. The van der Waals surface area contributed by atoms with Crippen LogP contribution < -0.4 is 0 Å². The molecule has 2 aliphatic carbocycles. The predicted octanol–water partition coefficient (Wildman–Crippen LogP) is 3.56. The molecule has 0 bridgehead atoms. The van der Waals surface area contributed by atoms with Gasteiger partial charge in [-0.2, -0.15) is 9.78 Å². The largest absolute Gasteiger partial charge is 0.393 e. The highest BCUT2D eigenvalue weighted by Crippen LogP contribution is 2.43. The minimum absolute atomic E-state index is 0.175. The van der Waals surface area contributed by atoms with Crippen LogP contribution in [0.5, 0.6) is 0 Å². The predicted molar refractivity (Wildman–Crippen MR) is 96.1 cm³/mol. The topological polar surface area (TPSA) is 55.1 Å². The zero-order valence-corrected chi connectivity index (χ0v) is 15.3. The molecule has 0 saturated heterocycles. The van der Waals surface area contributed by atoms with Crippen molar-refractivity contribution in [2.45, 2.75) is 44.1 Å². The van der Waals surface area contributed by atoms with Gasteiger partial charge in [0.2, 0.25) is 0 Å². The maximum absolute atomic E-state index is 13.1. The maximum atomic E-state index is 13.1. The zero-order valence-electron chi connectivity index (χ0n) is 12.4. The Morgan fingerprint density at radius 2 is 2.13 bits per heavy atom. The van der Waals surface area contributed by atoms with Crippen LogP contribution in [-0.4, -0.2) is 26.9 Å². The van der Waals surface area contributed by atoms with Gasteiger partial charge in [0.15, 0.2) is 0 Å². The molecule has 2 aliphatic rings. The molecule has 1 heterocycles. The minimum Gasteiger partial charge on any atom is -0.393 e. The quantitative estimate of drug-likeness (QED) is 0.724. The Morgan fingerprint density at radius 1 is 1.35 bits per heavy atom. The highest BCUT2D eigenvalue weighted by Gasteiger charge is 2.32. The van der Waals surface area contributed by atoms with Gasteiger partial charge >= 0.3 is 0 Å². The van der Waals surface area contributed by atoms with Crippen molar-refractivity contribution in [3.05, 3.63) is 49.3 Å². The molecule has 0 radical (unpaired) electrons. The van der Waals surface area contributed by atoms with Crippen LogP contribution in [0.1, 0.15) is 52.4 Å². The summed E-state index contributed by atoms with van der Waals surface area (Å²) < 4.78 is 2.31. The van der Waals surface area contributed by atoms with E-state index in [1.807, 2.05) is 12.1 Å². The number of aliphatic hydroxyl groups excluding tert-OH is 1. The number of aromatic nitrogens is 2. The van der Waals surface area contributed by atoms with Gasteiger partial charge in [-0.25, -0.2) is 0 Å². The molecule has 1 aromatic heterocycles. The molecule has 0 spiro atoms. The Kier molecular flexibility index (Phi) is 3.98. The molecule has 4 rings (SSSR count). The molecule has 120 valence electrons. The Bertz CT molecular complexity index is 798. The van der Waals surface area contributed by atoms with E-state index in [1.54, 1.807) is 6.07 Å². The number of nitrogens with zero attached hydrogens (tertiary/aromatic N) is 2. The summed E-state index contributed by atoms with van der Waals surface area (Å²) in [5.41, 5.74) is 3.51. The lowest BCUT2D eigenvalue weighted by molar-refractivity contribution is 0.0933. The second-order valence-electron chi connectivity index (χ2n) is 6.31. The first kappa shape index (κ1) is 15.6. The van der Waals surface area contributed by atoms with Crippen molar-refractivity contribution in [1.29, 1.82) is 0 Å². The van der Waals surface area contributed by atoms with Gasteiger partial charge < -0.3 is 5.11 Å². The van der Waals surface area contributed by atoms with Crippen LogP contribution in [0.2, 0.25) is 5.02 Å². The number of benzene rings is 1. The number of hydrogen-bond acceptors (Lipinski definition) is 3. The fourth-order valence-electron chi connectivity index (χ4n) is 3.32. The Balaban J connectivity index is 1.82. The Labute approximate surface area is 153 Å². The van der Waals surface area contributed by atoms with Gasteiger partial charge in [-0.1, -0.05) is 23.7 Å². The van der Waals surface area contributed by atoms with Crippen LogP contribution in [-0.2, 0) is 12.8 Å². The molecule has 1 N–H and O–H groups in total. The summed E-state index contributed by atoms with van der Waals surface area (Å²) in [7, 11) is 0. The number of carbonyl (C=O) groups excluding carboxylic acids is 1. The van der Waals surface area contributed by atoms with Gasteiger partial charge in [-0.15, -0.1) is 0 Å². The van der Waals surface area contributed by atoms with Gasteiger partial charge in [-0.3, -0.25) is 4.79 Å². The highest BCUT2D eigenvalue weighted by molar-refractivity contribution is 14.1. The molecule has 6 heteroatoms. The van der Waals surface area contributed by atoms with Crippen LogP contribution in [0.3, 0.4) is 0 Å². The summed E-state index contributed by atoms with van der Waals surface area (Å²) in [5, 5.41) is 14.9. The Morgan fingerprint density at radius 3 is 2.87 bits per heavy atom. The fourth-order valence-corrected chi connectivity index (χ4v) is 4.38. The molecule has 2 aromatic rings. The second kappa shape index (κ2) is 5.86. The van der Waals surface area contributed by atoms with Crippen molar-refractivity contribution in [2.75, 3.05) is 0 Å². The summed E-state index contributed by atoms with van der Waals surface area (Å²) in [6, 6.07) is 5.65. The van der Waals surface area contributed by atoms with E-state index in [0.717, 1.165) is 46.2 Å². The van der Waals surface area contributed by atoms with E-state index in [4.69, 9.17) is 11.6 Å². The molecule has 4 nitrogen and oxygen atoms in total. The number of hydrogen-bond donors (Lipinski definition) is 1. The van der Waals surface area contributed by atoms with Crippen molar-refractivity contribution in [3.8, 4) is 0 Å². The second-order valence-corrected chi connectivity index (χ2v) is 7.74. The number of carbonyl (C=O) groups is 1. The smallest absolute Gasteiger partial charge is 0.280 e. The average Bonchev–Trinajstić information content (AvgIpc) is 3.31. The van der Waals surface area contributed by atoms with Crippen LogP contribution >= 0.6 is 34.2 Å². The summed E-state index contributed by atoms with van der Waals surface area (Å²) in [4.78, 5) is 13.1. The lowest BCUT2D eigenvalue weighted by Gasteiger charge is -2.19. The number of halogens is 2. The van der Waals surface area contributed by atoms with Crippen molar-refractivity contribution >= 4 is 40.1 Å². The average molecular weight is 443 g/mol. The number of rotatable bonds is 2. The van der Waals surface area contributed by atoms with Crippen molar-refractivity contribution in [1.82, 2.24) is 9.78 Å². The van der Waals surface area contributed by atoms with Gasteiger partial charge in [0, 0.05) is 12.0 Å². The van der Waals surface area contributed by atoms with Crippen molar-refractivity contribution in [2.24, 2.45) is 0 Å². The summed E-state index contributed by atoms with van der Waals surface area (Å²) in [6.07, 6.45) is 3.76. The normalized spacial score (nSPS) is 20.4. The summed E-state index contributed by atoms with van der Waals surface area (Å²) in [6.45, 7) is 0. The monoisotopic (exact) mass is 442 g/mol. The van der Waals surface area contributed by atoms with Crippen LogP contribution in [0, 0.1) is 3.70 Å². The standard InChI is InChI=1S/C17H16ClIN2O2/c18-13-3-1-2-11(9-4-5-9)15(13)17(23)21-14-8-10(22)6-7-12(14)16(19)20-21/h1-3,9-10,22H,4-8H2/t10-/m0/s1. The first-order chi connectivity index (χ1) is 11.1. The molecule has 1 aromatic carbocycles. The van der Waals surface area contributed by atoms with Gasteiger partial charge in [-0.05, 0) is 65.8 Å². The van der Waals surface area contributed by atoms with Gasteiger partial charge in [0.25, 0.3) is 5.91 Å². The van der Waals surface area contributed by atoms with E-state index in [0.29, 0.717) is 22.9 Å². The van der Waals surface area contributed by atoms with E-state index in [9.17, 15) is 9.90 Å². The molecular weight excluding hydrogens is 427 g/mol. The molecule has 1 atom stereocenters. The first-order valence-corrected chi connectivity index (χ1v) is 9.29. The van der Waals surface area contributed by atoms with Crippen molar-refractivity contribution < 1.29 is 9.90 Å². The highest BCUT2D eigenvalue weighted by atomic mass is 127. The third kappa shape index (κ3) is 2.72. The first-order valence-electron chi connectivity index (χ1n) is 7.83. The van der Waals surface area contributed by atoms with Crippen LogP contribution in [0.4, 0.5) is 0 Å². The van der Waals surface area contributed by atoms with E-state index >= 15 is 0 Å². The lowest BCUT2D eigenvalue weighted by atomic mass is 9.95. The molecular formula is C17H16ClIN2O2. The van der Waals surface area contributed by atoms with E-state index in [1.165, 1.54) is 4.68 Å². The molecule has 23 heavy (non-hydrogen) atoms. The van der Waals surface area contributed by atoms with Crippen LogP contribution in [0.15, 0.2) is 18.2 Å². The van der Waals surface area contributed by atoms with Crippen LogP contribution in [0.25, 0.3) is 0 Å². The zero-order chi connectivity index (χ0) is 16.1. The third-order valence-corrected chi connectivity index (χ3v) is 5.85. The fraction of sp³-hybridized carbons (Fsp3) is 0.412. The third-order valence-electron chi connectivity index (χ3n) is 4.67. The summed E-state index contributed by atoms with van der Waals surface area (Å²) >= 11 is 8.52. The number of aliphatic hydroxyl groups is 1. The van der Waals surface area contributed by atoms with Crippen molar-refractivity contribution in [3.63, 3.8) is 0 Å². The lowest BCUT2D eigenvalue weighted by Crippen LogP contribution is -2.25. The molecule has 0 unspecified atom stereocenters. The van der Waals surface area contributed by atoms with Gasteiger partial charge in [0.05, 0.1) is 22.4 Å². The maximum Gasteiger partial charge on any atom is 0.280 e.